The summed E-state index contributed by atoms with van der Waals surface area (Å²) < 4.78 is 1.60. The second-order valence-corrected chi connectivity index (χ2v) is 6.10. The summed E-state index contributed by atoms with van der Waals surface area (Å²) in [5, 5.41) is 21.7. The van der Waals surface area contributed by atoms with Gasteiger partial charge >= 0.3 is 0 Å². The number of pyridine rings is 1. The van der Waals surface area contributed by atoms with Crippen molar-refractivity contribution in [2.75, 3.05) is 11.1 Å². The molecule has 140 valence electrons. The Morgan fingerprint density at radius 1 is 1.29 bits per heavy atom. The average molecular weight is 375 g/mol. The van der Waals surface area contributed by atoms with Crippen molar-refractivity contribution in [2.45, 2.75) is 0 Å². The van der Waals surface area contributed by atoms with Gasteiger partial charge in [-0.15, -0.1) is 9.94 Å². The van der Waals surface area contributed by atoms with E-state index in [1.807, 2.05) is 24.3 Å². The molecule has 9 heteroatoms. The standard InChI is InChI=1S/C19H17N7O2/c1-25-19(17(18(20)24-25)15-4-2-3-8-21-15)23-14(7-9-27)12-5-6-16-13(10-12)11-22-26(16)28/h2-11,23,28H,1H3,(H2,20,24)/b14-7-. The Labute approximate surface area is 159 Å². The van der Waals surface area contributed by atoms with Crippen molar-refractivity contribution in [3.8, 4) is 11.3 Å². The number of nitrogens with zero attached hydrogens (tertiary/aromatic N) is 5. The van der Waals surface area contributed by atoms with Gasteiger partial charge in [-0.2, -0.15) is 5.10 Å². The normalized spacial score (nSPS) is 11.7. The molecule has 3 aromatic heterocycles. The molecule has 28 heavy (non-hydrogen) atoms. The molecule has 9 nitrogen and oxygen atoms in total. The Morgan fingerprint density at radius 2 is 2.14 bits per heavy atom. The van der Waals surface area contributed by atoms with Crippen molar-refractivity contribution >= 4 is 34.5 Å². The molecular weight excluding hydrogens is 358 g/mol. The van der Waals surface area contributed by atoms with Crippen molar-refractivity contribution < 1.29 is 10.0 Å². The lowest BCUT2D eigenvalue weighted by Gasteiger charge is -2.13. The van der Waals surface area contributed by atoms with E-state index in [1.54, 1.807) is 36.3 Å². The first-order valence-electron chi connectivity index (χ1n) is 8.42. The number of fused-ring (bicyclic) bond motifs is 1. The van der Waals surface area contributed by atoms with Gasteiger partial charge in [-0.3, -0.25) is 9.78 Å². The van der Waals surface area contributed by atoms with E-state index in [9.17, 15) is 10.0 Å². The highest BCUT2D eigenvalue weighted by Gasteiger charge is 2.18. The minimum absolute atomic E-state index is 0.325. The van der Waals surface area contributed by atoms with Crippen LogP contribution in [0.2, 0.25) is 0 Å². The van der Waals surface area contributed by atoms with Gasteiger partial charge in [0.1, 0.15) is 17.6 Å². The predicted molar refractivity (Wildman–Crippen MR) is 105 cm³/mol. The molecule has 4 N–H and O–H groups in total. The zero-order valence-electron chi connectivity index (χ0n) is 14.9. The average Bonchev–Trinajstić information content (AvgIpc) is 3.21. The van der Waals surface area contributed by atoms with Crippen molar-refractivity contribution in [2.24, 2.45) is 7.05 Å². The number of carbonyl (C=O) groups excluding carboxylic acids is 1. The number of rotatable bonds is 5. The molecule has 4 aromatic rings. The zero-order chi connectivity index (χ0) is 19.7. The number of aryl methyl sites for hydroxylation is 1. The highest BCUT2D eigenvalue weighted by Crippen LogP contribution is 2.34. The first-order chi connectivity index (χ1) is 13.6. The second kappa shape index (κ2) is 6.88. The topological polar surface area (TPSA) is 124 Å². The van der Waals surface area contributed by atoms with Gasteiger partial charge in [-0.1, -0.05) is 12.1 Å². The first kappa shape index (κ1) is 17.3. The van der Waals surface area contributed by atoms with Gasteiger partial charge in [-0.05, 0) is 29.8 Å². The van der Waals surface area contributed by atoms with Gasteiger partial charge in [0.2, 0.25) is 0 Å². The third-order valence-electron chi connectivity index (χ3n) is 4.34. The number of aromatic nitrogens is 5. The van der Waals surface area contributed by atoms with E-state index in [0.29, 0.717) is 40.4 Å². The lowest BCUT2D eigenvalue weighted by molar-refractivity contribution is -0.104. The smallest absolute Gasteiger partial charge is 0.157 e. The summed E-state index contributed by atoms with van der Waals surface area (Å²) in [5.41, 5.74) is 9.25. The summed E-state index contributed by atoms with van der Waals surface area (Å²) >= 11 is 0. The van der Waals surface area contributed by atoms with Crippen LogP contribution >= 0.6 is 0 Å². The summed E-state index contributed by atoms with van der Waals surface area (Å²) in [4.78, 5) is 16.4. The molecule has 4 rings (SSSR count). The van der Waals surface area contributed by atoms with Crippen LogP contribution in [0.1, 0.15) is 5.56 Å². The highest BCUT2D eigenvalue weighted by molar-refractivity contribution is 5.94. The monoisotopic (exact) mass is 375 g/mol. The fourth-order valence-electron chi connectivity index (χ4n) is 3.04. The largest absolute Gasteiger partial charge is 0.411 e. The van der Waals surface area contributed by atoms with Crippen LogP contribution in [0.4, 0.5) is 11.6 Å². The summed E-state index contributed by atoms with van der Waals surface area (Å²) in [6.45, 7) is 0. The number of aldehydes is 1. The van der Waals surface area contributed by atoms with Crippen LogP contribution < -0.4 is 11.1 Å². The number of nitrogens with one attached hydrogen (secondary N) is 1. The number of nitrogens with two attached hydrogens (primary N) is 1. The molecule has 0 saturated carbocycles. The number of carbonyl (C=O) groups is 1. The van der Waals surface area contributed by atoms with Crippen molar-refractivity contribution in [1.82, 2.24) is 24.7 Å². The Bertz CT molecular complexity index is 1190. The van der Waals surface area contributed by atoms with Crippen LogP contribution in [0, 0.1) is 0 Å². The van der Waals surface area contributed by atoms with Crippen LogP contribution in [-0.4, -0.2) is 36.2 Å². The fraction of sp³-hybridized carbons (Fsp3) is 0.0526. The third-order valence-corrected chi connectivity index (χ3v) is 4.34. The predicted octanol–water partition coefficient (Wildman–Crippen LogP) is 2.30. The lowest BCUT2D eigenvalue weighted by atomic mass is 10.1. The zero-order valence-corrected chi connectivity index (χ0v) is 14.9. The summed E-state index contributed by atoms with van der Waals surface area (Å²) in [6.07, 6.45) is 5.32. The molecule has 0 atom stereocenters. The van der Waals surface area contributed by atoms with Crippen molar-refractivity contribution in [3.63, 3.8) is 0 Å². The van der Waals surface area contributed by atoms with Gasteiger partial charge in [0.05, 0.1) is 23.2 Å². The maximum absolute atomic E-state index is 11.3. The van der Waals surface area contributed by atoms with Gasteiger partial charge in [0, 0.05) is 24.7 Å². The SMILES string of the molecule is Cn1nc(N)c(-c2ccccn2)c1N/C(=C\C=O)c1ccc2c(cnn2O)c1. The van der Waals surface area contributed by atoms with E-state index in [2.05, 4.69) is 20.5 Å². The first-order valence-corrected chi connectivity index (χ1v) is 8.42. The molecule has 3 heterocycles. The highest BCUT2D eigenvalue weighted by atomic mass is 16.5. The van der Waals surface area contributed by atoms with Gasteiger partial charge < -0.3 is 16.3 Å². The molecule has 0 fully saturated rings. The van der Waals surface area contributed by atoms with E-state index in [4.69, 9.17) is 5.73 Å². The number of nitrogen functional groups attached to an aromatic ring is 1. The minimum atomic E-state index is 0.325. The fourth-order valence-corrected chi connectivity index (χ4v) is 3.04. The Morgan fingerprint density at radius 3 is 2.89 bits per heavy atom. The third kappa shape index (κ3) is 2.94. The minimum Gasteiger partial charge on any atom is -0.411 e. The second-order valence-electron chi connectivity index (χ2n) is 6.10. The van der Waals surface area contributed by atoms with E-state index in [0.717, 1.165) is 15.8 Å². The number of benzene rings is 1. The number of hydrogen-bond donors (Lipinski definition) is 3. The summed E-state index contributed by atoms with van der Waals surface area (Å²) in [5.74, 6) is 0.924. The number of allylic oxidation sites excluding steroid dienone is 1. The van der Waals surface area contributed by atoms with Crippen molar-refractivity contribution in [3.05, 3.63) is 60.4 Å². The quantitative estimate of drug-likeness (QED) is 0.278. The van der Waals surface area contributed by atoms with Crippen molar-refractivity contribution in [1.29, 1.82) is 0 Å². The Hall–Kier alpha value is -4.14. The molecule has 0 radical (unpaired) electrons. The van der Waals surface area contributed by atoms with Crippen LogP contribution in [0.25, 0.3) is 27.9 Å². The molecular formula is C19H17N7O2. The Kier molecular flexibility index (Phi) is 4.24. The molecule has 0 bridgehead atoms. The molecule has 1 aromatic carbocycles. The van der Waals surface area contributed by atoms with E-state index < -0.39 is 0 Å². The maximum Gasteiger partial charge on any atom is 0.157 e. The molecule has 0 spiro atoms. The van der Waals surface area contributed by atoms with Crippen LogP contribution in [-0.2, 0) is 11.8 Å². The molecule has 0 unspecified atom stereocenters. The van der Waals surface area contributed by atoms with Crippen LogP contribution in [0.5, 0.6) is 0 Å². The van der Waals surface area contributed by atoms with E-state index in [-0.39, 0.29) is 0 Å². The molecule has 0 aliphatic heterocycles. The van der Waals surface area contributed by atoms with Gasteiger partial charge in [0.15, 0.2) is 5.82 Å². The van der Waals surface area contributed by atoms with E-state index >= 15 is 0 Å². The lowest BCUT2D eigenvalue weighted by Crippen LogP contribution is -2.06. The summed E-state index contributed by atoms with van der Waals surface area (Å²) in [6, 6.07) is 10.8. The maximum atomic E-state index is 11.3. The Balaban J connectivity index is 1.79. The molecule has 0 aliphatic carbocycles. The van der Waals surface area contributed by atoms with Gasteiger partial charge in [0.25, 0.3) is 0 Å². The van der Waals surface area contributed by atoms with Gasteiger partial charge in [-0.25, -0.2) is 4.68 Å². The molecule has 0 amide bonds. The van der Waals surface area contributed by atoms with Crippen LogP contribution in [0.15, 0.2) is 54.9 Å². The van der Waals surface area contributed by atoms with Crippen LogP contribution in [0.3, 0.4) is 0 Å². The number of anilines is 2. The summed E-state index contributed by atoms with van der Waals surface area (Å²) in [7, 11) is 1.75. The number of hydrogen-bond acceptors (Lipinski definition) is 7. The molecule has 0 aliphatic rings. The molecule has 0 saturated heterocycles. The van der Waals surface area contributed by atoms with E-state index in [1.165, 1.54) is 6.08 Å².